The maximum atomic E-state index is 12.0. The fourth-order valence-corrected chi connectivity index (χ4v) is 2.26. The number of carboxylic acids is 1. The van der Waals surface area contributed by atoms with Gasteiger partial charge in [0.1, 0.15) is 17.1 Å². The highest BCUT2D eigenvalue weighted by Crippen LogP contribution is 2.29. The summed E-state index contributed by atoms with van der Waals surface area (Å²) in [6, 6.07) is 2.75. The van der Waals surface area contributed by atoms with Crippen LogP contribution in [-0.2, 0) is 11.3 Å². The maximum Gasteiger partial charge on any atom is 0.339 e. The fraction of sp³-hybridized carbons (Fsp3) is 0.353. The Balaban J connectivity index is 2.10. The quantitative estimate of drug-likeness (QED) is 0.596. The molecule has 8 heteroatoms. The monoisotopic (exact) mass is 346 g/mol. The van der Waals surface area contributed by atoms with Crippen molar-refractivity contribution in [2.75, 3.05) is 5.73 Å². The van der Waals surface area contributed by atoms with Crippen LogP contribution in [0.5, 0.6) is 0 Å². The number of carboxylic acid groups (broad SMARTS) is 1. The molecule has 2 aromatic rings. The first-order valence-electron chi connectivity index (χ1n) is 7.94. The fourth-order valence-electron chi connectivity index (χ4n) is 2.26. The van der Waals surface area contributed by atoms with Crippen molar-refractivity contribution < 1.29 is 19.1 Å². The molecule has 6 N–H and O–H groups in total. The lowest BCUT2D eigenvalue weighted by molar-refractivity contribution is -0.123. The second kappa shape index (κ2) is 7.80. The highest BCUT2D eigenvalue weighted by atomic mass is 16.4. The molecule has 2 heterocycles. The summed E-state index contributed by atoms with van der Waals surface area (Å²) in [7, 11) is 0. The number of hydrogen-bond acceptors (Lipinski definition) is 6. The van der Waals surface area contributed by atoms with Gasteiger partial charge in [0, 0.05) is 12.4 Å². The molecule has 0 saturated carbocycles. The largest absolute Gasteiger partial charge is 0.478 e. The summed E-state index contributed by atoms with van der Waals surface area (Å²) < 4.78 is 5.63. The first-order chi connectivity index (χ1) is 11.8. The molecule has 0 aliphatic heterocycles. The summed E-state index contributed by atoms with van der Waals surface area (Å²) in [5.74, 6) is -0.452. The van der Waals surface area contributed by atoms with Crippen molar-refractivity contribution in [3.05, 3.63) is 35.9 Å². The summed E-state index contributed by atoms with van der Waals surface area (Å²) in [6.45, 7) is 4.07. The average Bonchev–Trinajstić information content (AvgIpc) is 3.06. The molecule has 0 aliphatic carbocycles. The SMILES string of the molecule is CC[C@H](C)[C@H](N)C(=O)NCc1ccc(-c2cncc(C(=O)O)c2N)o1. The number of pyridine rings is 1. The molecule has 0 bridgehead atoms. The summed E-state index contributed by atoms with van der Waals surface area (Å²) in [6.07, 6.45) is 3.43. The number of rotatable bonds is 7. The predicted octanol–water partition coefficient (Wildman–Crippen LogP) is 1.61. The van der Waals surface area contributed by atoms with Crippen LogP contribution < -0.4 is 16.8 Å². The van der Waals surface area contributed by atoms with Crippen LogP contribution in [0.15, 0.2) is 28.9 Å². The van der Waals surface area contributed by atoms with Gasteiger partial charge in [0.05, 0.1) is 23.8 Å². The number of nitrogen functional groups attached to an aromatic ring is 1. The summed E-state index contributed by atoms with van der Waals surface area (Å²) in [5, 5.41) is 11.8. The molecule has 1 amide bonds. The van der Waals surface area contributed by atoms with E-state index in [1.165, 1.54) is 12.4 Å². The molecule has 134 valence electrons. The van der Waals surface area contributed by atoms with Crippen LogP contribution >= 0.6 is 0 Å². The third-order valence-corrected chi connectivity index (χ3v) is 4.14. The Morgan fingerprint density at radius 2 is 2.08 bits per heavy atom. The van der Waals surface area contributed by atoms with Gasteiger partial charge in [-0.2, -0.15) is 0 Å². The molecule has 0 fully saturated rings. The molecular weight excluding hydrogens is 324 g/mol. The van der Waals surface area contributed by atoms with Gasteiger partial charge in [-0.05, 0) is 18.1 Å². The van der Waals surface area contributed by atoms with Gasteiger partial charge in [-0.3, -0.25) is 9.78 Å². The zero-order valence-corrected chi connectivity index (χ0v) is 14.2. The van der Waals surface area contributed by atoms with Gasteiger partial charge in [0.2, 0.25) is 5.91 Å². The lowest BCUT2D eigenvalue weighted by Crippen LogP contribution is -2.44. The lowest BCUT2D eigenvalue weighted by atomic mass is 9.99. The smallest absolute Gasteiger partial charge is 0.339 e. The molecule has 0 aromatic carbocycles. The first-order valence-corrected chi connectivity index (χ1v) is 7.94. The third-order valence-electron chi connectivity index (χ3n) is 4.14. The van der Waals surface area contributed by atoms with Crippen LogP contribution in [0.3, 0.4) is 0 Å². The second-order valence-electron chi connectivity index (χ2n) is 5.85. The van der Waals surface area contributed by atoms with E-state index in [1.807, 2.05) is 13.8 Å². The van der Waals surface area contributed by atoms with Gasteiger partial charge in [0.25, 0.3) is 0 Å². The Labute approximate surface area is 145 Å². The number of nitrogens with zero attached hydrogens (tertiary/aromatic N) is 1. The third kappa shape index (κ3) is 4.16. The van der Waals surface area contributed by atoms with E-state index < -0.39 is 12.0 Å². The minimum absolute atomic E-state index is 0.0752. The molecule has 0 saturated heterocycles. The van der Waals surface area contributed by atoms with Crippen LogP contribution in [0.4, 0.5) is 5.69 Å². The Morgan fingerprint density at radius 3 is 2.72 bits per heavy atom. The van der Waals surface area contributed by atoms with Crippen molar-refractivity contribution in [3.8, 4) is 11.3 Å². The van der Waals surface area contributed by atoms with E-state index in [9.17, 15) is 9.59 Å². The molecular formula is C17H22N4O4. The van der Waals surface area contributed by atoms with Gasteiger partial charge in [-0.15, -0.1) is 0 Å². The summed E-state index contributed by atoms with van der Waals surface area (Å²) >= 11 is 0. The van der Waals surface area contributed by atoms with E-state index >= 15 is 0 Å². The molecule has 0 aliphatic rings. The van der Waals surface area contributed by atoms with Crippen molar-refractivity contribution in [1.29, 1.82) is 0 Å². The number of nitrogens with two attached hydrogens (primary N) is 2. The van der Waals surface area contributed by atoms with E-state index in [2.05, 4.69) is 10.3 Å². The van der Waals surface area contributed by atoms with Crippen molar-refractivity contribution in [3.63, 3.8) is 0 Å². The van der Waals surface area contributed by atoms with Crippen LogP contribution in [0.1, 0.15) is 36.4 Å². The number of nitrogens with one attached hydrogen (secondary N) is 1. The molecule has 2 atom stereocenters. The molecule has 2 rings (SSSR count). The zero-order chi connectivity index (χ0) is 18.6. The number of carbonyl (C=O) groups excluding carboxylic acids is 1. The summed E-state index contributed by atoms with van der Waals surface area (Å²) in [4.78, 5) is 27.0. The number of hydrogen-bond donors (Lipinski definition) is 4. The van der Waals surface area contributed by atoms with E-state index in [1.54, 1.807) is 12.1 Å². The summed E-state index contributed by atoms with van der Waals surface area (Å²) in [5.41, 5.74) is 12.1. The van der Waals surface area contributed by atoms with Crippen LogP contribution in [-0.4, -0.2) is 28.0 Å². The maximum absolute atomic E-state index is 12.0. The van der Waals surface area contributed by atoms with E-state index in [0.717, 1.165) is 6.42 Å². The minimum atomic E-state index is -1.16. The molecule has 0 unspecified atom stereocenters. The Bertz CT molecular complexity index is 772. The number of carbonyl (C=O) groups is 2. The highest BCUT2D eigenvalue weighted by Gasteiger charge is 2.20. The topological polar surface area (TPSA) is 144 Å². The molecule has 0 spiro atoms. The van der Waals surface area contributed by atoms with Gasteiger partial charge in [0.15, 0.2) is 0 Å². The normalized spacial score (nSPS) is 13.2. The number of amides is 1. The van der Waals surface area contributed by atoms with Crippen molar-refractivity contribution in [1.82, 2.24) is 10.3 Å². The van der Waals surface area contributed by atoms with Crippen molar-refractivity contribution in [2.45, 2.75) is 32.9 Å². The molecule has 2 aromatic heterocycles. The molecule has 0 radical (unpaired) electrons. The first kappa shape index (κ1) is 18.5. The van der Waals surface area contributed by atoms with E-state index in [-0.39, 0.29) is 29.6 Å². The number of aromatic nitrogens is 1. The number of furan rings is 1. The Morgan fingerprint density at radius 1 is 1.36 bits per heavy atom. The van der Waals surface area contributed by atoms with Crippen LogP contribution in [0, 0.1) is 5.92 Å². The average molecular weight is 346 g/mol. The second-order valence-corrected chi connectivity index (χ2v) is 5.85. The van der Waals surface area contributed by atoms with Gasteiger partial charge in [-0.1, -0.05) is 20.3 Å². The Kier molecular flexibility index (Phi) is 5.76. The highest BCUT2D eigenvalue weighted by molar-refractivity contribution is 5.97. The minimum Gasteiger partial charge on any atom is -0.478 e. The van der Waals surface area contributed by atoms with E-state index in [4.69, 9.17) is 21.0 Å². The molecule has 25 heavy (non-hydrogen) atoms. The van der Waals surface area contributed by atoms with Gasteiger partial charge in [-0.25, -0.2) is 4.79 Å². The Hall–Kier alpha value is -2.87. The number of anilines is 1. The number of aromatic carboxylic acids is 1. The lowest BCUT2D eigenvalue weighted by Gasteiger charge is -2.17. The molecule has 8 nitrogen and oxygen atoms in total. The van der Waals surface area contributed by atoms with E-state index in [0.29, 0.717) is 17.1 Å². The van der Waals surface area contributed by atoms with Gasteiger partial charge >= 0.3 is 5.97 Å². The predicted molar refractivity (Wildman–Crippen MR) is 92.6 cm³/mol. The standard InChI is InChI=1S/C17H22N4O4/c1-3-9(2)14(18)16(22)21-6-10-4-5-13(25-10)11-7-20-8-12(15(11)19)17(23)24/h4-5,7-9,14H,3,6,18H2,1-2H3,(H2,19,20)(H,21,22)(H,23,24)/t9-,14-/m0/s1. The van der Waals surface area contributed by atoms with Crippen molar-refractivity contribution in [2.24, 2.45) is 11.7 Å². The van der Waals surface area contributed by atoms with Crippen molar-refractivity contribution >= 4 is 17.6 Å². The zero-order valence-electron chi connectivity index (χ0n) is 14.2. The van der Waals surface area contributed by atoms with Gasteiger partial charge < -0.3 is 26.3 Å². The van der Waals surface area contributed by atoms with Crippen LogP contribution in [0.2, 0.25) is 0 Å². The van der Waals surface area contributed by atoms with Crippen LogP contribution in [0.25, 0.3) is 11.3 Å².